The molecule has 1 aliphatic heterocycles. The van der Waals surface area contributed by atoms with Crippen LogP contribution in [0.5, 0.6) is 0 Å². The molecular weight excluding hydrogens is 374 g/mol. The first-order valence-electron chi connectivity index (χ1n) is 7.79. The van der Waals surface area contributed by atoms with Gasteiger partial charge in [-0.25, -0.2) is 21.1 Å². The molecule has 12 heteroatoms. The number of hydrogen-bond donors (Lipinski definition) is 1. The van der Waals surface area contributed by atoms with Crippen LogP contribution in [0, 0.1) is 0 Å². The number of hydrogen-bond acceptors (Lipinski definition) is 6. The highest BCUT2D eigenvalue weighted by molar-refractivity contribution is 7.89. The summed E-state index contributed by atoms with van der Waals surface area (Å²) in [6.45, 7) is 0.933. The van der Waals surface area contributed by atoms with Crippen LogP contribution in [0.25, 0.3) is 0 Å². The SMILES string of the molecule is CCS(=O)(=O)N1CCC(N(CC(=O)O)C(=O)CN(C)S(C)(=O)=O)CC1. The van der Waals surface area contributed by atoms with E-state index in [-0.39, 0.29) is 18.8 Å². The number of nitrogens with zero attached hydrogens (tertiary/aromatic N) is 3. The fourth-order valence-electron chi connectivity index (χ4n) is 2.58. The molecule has 1 heterocycles. The minimum Gasteiger partial charge on any atom is -0.480 e. The van der Waals surface area contributed by atoms with Crippen LogP contribution in [0.1, 0.15) is 19.8 Å². The zero-order chi connectivity index (χ0) is 19.4. The lowest BCUT2D eigenvalue weighted by Gasteiger charge is -2.37. The summed E-state index contributed by atoms with van der Waals surface area (Å²) in [4.78, 5) is 24.6. The molecule has 0 bridgehead atoms. The first kappa shape index (κ1) is 21.8. The topological polar surface area (TPSA) is 132 Å². The highest BCUT2D eigenvalue weighted by atomic mass is 32.2. The molecular formula is C13H25N3O7S2. The first-order valence-corrected chi connectivity index (χ1v) is 11.2. The van der Waals surface area contributed by atoms with E-state index in [1.165, 1.54) is 11.4 Å². The van der Waals surface area contributed by atoms with Crippen LogP contribution >= 0.6 is 0 Å². The molecule has 0 radical (unpaired) electrons. The molecule has 1 aliphatic rings. The second-order valence-electron chi connectivity index (χ2n) is 5.97. The molecule has 0 spiro atoms. The smallest absolute Gasteiger partial charge is 0.323 e. The first-order chi connectivity index (χ1) is 11.4. The average molecular weight is 399 g/mol. The maximum Gasteiger partial charge on any atom is 0.323 e. The number of rotatable bonds is 8. The fraction of sp³-hybridized carbons (Fsp3) is 0.846. The number of likely N-dealkylation sites (N-methyl/N-ethyl adjacent to an activating group) is 1. The van der Waals surface area contributed by atoms with E-state index in [2.05, 4.69) is 0 Å². The van der Waals surface area contributed by atoms with Crippen molar-refractivity contribution in [2.45, 2.75) is 25.8 Å². The number of carbonyl (C=O) groups excluding carboxylic acids is 1. The lowest BCUT2D eigenvalue weighted by atomic mass is 10.0. The van der Waals surface area contributed by atoms with Crippen LogP contribution in [0.2, 0.25) is 0 Å². The van der Waals surface area contributed by atoms with Crippen molar-refractivity contribution in [3.8, 4) is 0 Å². The van der Waals surface area contributed by atoms with Crippen molar-refractivity contribution in [3.63, 3.8) is 0 Å². The van der Waals surface area contributed by atoms with E-state index in [1.54, 1.807) is 6.92 Å². The highest BCUT2D eigenvalue weighted by Crippen LogP contribution is 2.19. The minimum absolute atomic E-state index is 0.0193. The van der Waals surface area contributed by atoms with Crippen LogP contribution in [0.15, 0.2) is 0 Å². The Bertz CT molecular complexity index is 697. The predicted molar refractivity (Wildman–Crippen MR) is 90.9 cm³/mol. The minimum atomic E-state index is -3.57. The Hall–Kier alpha value is -1.24. The van der Waals surface area contributed by atoms with Gasteiger partial charge in [-0.15, -0.1) is 0 Å². The Kier molecular flexibility index (Phi) is 7.35. The van der Waals surface area contributed by atoms with Gasteiger partial charge < -0.3 is 10.0 Å². The molecule has 0 atom stereocenters. The largest absolute Gasteiger partial charge is 0.480 e. The maximum atomic E-state index is 12.4. The Balaban J connectivity index is 2.84. The second kappa shape index (κ2) is 8.43. The zero-order valence-electron chi connectivity index (χ0n) is 14.6. The lowest BCUT2D eigenvalue weighted by molar-refractivity contribution is -0.146. The van der Waals surface area contributed by atoms with Crippen molar-refractivity contribution < 1.29 is 31.5 Å². The van der Waals surface area contributed by atoms with Crippen molar-refractivity contribution in [2.24, 2.45) is 0 Å². The fourth-order valence-corrected chi connectivity index (χ4v) is 4.06. The normalized spacial score (nSPS) is 17.6. The van der Waals surface area contributed by atoms with Gasteiger partial charge in [0.05, 0.1) is 18.6 Å². The molecule has 146 valence electrons. The molecule has 0 aromatic rings. The summed E-state index contributed by atoms with van der Waals surface area (Å²) < 4.78 is 48.8. The van der Waals surface area contributed by atoms with Gasteiger partial charge in [-0.1, -0.05) is 0 Å². The molecule has 1 saturated heterocycles. The molecule has 1 rings (SSSR count). The van der Waals surface area contributed by atoms with Gasteiger partial charge in [0, 0.05) is 26.2 Å². The van der Waals surface area contributed by atoms with E-state index in [1.807, 2.05) is 0 Å². The monoisotopic (exact) mass is 399 g/mol. The molecule has 1 fully saturated rings. The molecule has 0 aromatic carbocycles. The van der Waals surface area contributed by atoms with E-state index in [0.717, 1.165) is 15.5 Å². The molecule has 10 nitrogen and oxygen atoms in total. The molecule has 25 heavy (non-hydrogen) atoms. The van der Waals surface area contributed by atoms with Crippen molar-refractivity contribution >= 4 is 31.9 Å². The molecule has 0 aromatic heterocycles. The van der Waals surface area contributed by atoms with Crippen LogP contribution < -0.4 is 0 Å². The lowest BCUT2D eigenvalue weighted by Crippen LogP contribution is -2.52. The van der Waals surface area contributed by atoms with E-state index >= 15 is 0 Å². The molecule has 0 aliphatic carbocycles. The van der Waals surface area contributed by atoms with Gasteiger partial charge in [0.2, 0.25) is 26.0 Å². The van der Waals surface area contributed by atoms with Gasteiger partial charge in [0.25, 0.3) is 0 Å². The van der Waals surface area contributed by atoms with Crippen molar-refractivity contribution in [1.82, 2.24) is 13.5 Å². The molecule has 0 unspecified atom stereocenters. The van der Waals surface area contributed by atoms with Gasteiger partial charge in [0.15, 0.2) is 0 Å². The van der Waals surface area contributed by atoms with Gasteiger partial charge in [-0.2, -0.15) is 4.31 Å². The van der Waals surface area contributed by atoms with E-state index in [4.69, 9.17) is 5.11 Å². The number of carboxylic acid groups (broad SMARTS) is 1. The van der Waals surface area contributed by atoms with Crippen LogP contribution in [-0.4, -0.2) is 98.6 Å². The third-order valence-electron chi connectivity index (χ3n) is 4.17. The standard InChI is InChI=1S/C13H25N3O7S2/c1-4-25(22,23)15-7-5-11(6-8-15)16(10-13(18)19)12(17)9-14(2)24(3,20)21/h11H,4-10H2,1-3H3,(H,18,19). The second-order valence-corrected chi connectivity index (χ2v) is 10.3. The number of sulfonamides is 2. The van der Waals surface area contributed by atoms with Crippen LogP contribution in [0.3, 0.4) is 0 Å². The van der Waals surface area contributed by atoms with Crippen LogP contribution in [-0.2, 0) is 29.6 Å². The van der Waals surface area contributed by atoms with Crippen molar-refractivity contribution in [1.29, 1.82) is 0 Å². The van der Waals surface area contributed by atoms with Crippen molar-refractivity contribution in [2.75, 3.05) is 45.2 Å². The van der Waals surface area contributed by atoms with Gasteiger partial charge >= 0.3 is 5.97 Å². The van der Waals surface area contributed by atoms with E-state index < -0.39 is 51.1 Å². The Morgan fingerprint density at radius 1 is 1.12 bits per heavy atom. The predicted octanol–water partition coefficient (Wildman–Crippen LogP) is -1.39. The summed E-state index contributed by atoms with van der Waals surface area (Å²) in [6, 6.07) is -0.445. The van der Waals surface area contributed by atoms with Crippen molar-refractivity contribution in [3.05, 3.63) is 0 Å². The number of aliphatic carboxylic acids is 1. The van der Waals surface area contributed by atoms with Gasteiger partial charge in [-0.3, -0.25) is 9.59 Å². The maximum absolute atomic E-state index is 12.4. The summed E-state index contributed by atoms with van der Waals surface area (Å²) in [6.07, 6.45) is 1.57. The van der Waals surface area contributed by atoms with E-state index in [9.17, 15) is 26.4 Å². The summed E-state index contributed by atoms with van der Waals surface area (Å²) in [7, 11) is -5.66. The molecule has 1 amide bonds. The van der Waals surface area contributed by atoms with Crippen LogP contribution in [0.4, 0.5) is 0 Å². The quantitative estimate of drug-likeness (QED) is 0.531. The Morgan fingerprint density at radius 3 is 2.04 bits per heavy atom. The molecule has 0 saturated carbocycles. The van der Waals surface area contributed by atoms with Gasteiger partial charge in [-0.05, 0) is 19.8 Å². The zero-order valence-corrected chi connectivity index (χ0v) is 16.2. The number of piperidine rings is 1. The Labute approximate surface area is 148 Å². The summed E-state index contributed by atoms with van der Waals surface area (Å²) >= 11 is 0. The third-order valence-corrected chi connectivity index (χ3v) is 7.32. The average Bonchev–Trinajstić information content (AvgIpc) is 2.51. The number of carbonyl (C=O) groups is 2. The Morgan fingerprint density at radius 2 is 1.64 bits per heavy atom. The summed E-state index contributed by atoms with van der Waals surface area (Å²) in [5.41, 5.74) is 0. The van der Waals surface area contributed by atoms with Gasteiger partial charge in [0.1, 0.15) is 6.54 Å². The summed E-state index contributed by atoms with van der Waals surface area (Å²) in [5, 5.41) is 9.04. The number of carboxylic acids is 1. The summed E-state index contributed by atoms with van der Waals surface area (Å²) in [5.74, 6) is -1.85. The number of amides is 1. The van der Waals surface area contributed by atoms with E-state index in [0.29, 0.717) is 12.8 Å². The highest BCUT2D eigenvalue weighted by Gasteiger charge is 2.33. The molecule has 1 N–H and O–H groups in total. The third kappa shape index (κ3) is 6.20.